The van der Waals surface area contributed by atoms with Crippen LogP contribution in [0.1, 0.15) is 5.56 Å². The maximum absolute atomic E-state index is 12.7. The van der Waals surface area contributed by atoms with Gasteiger partial charge in [-0.2, -0.15) is 0 Å². The first-order chi connectivity index (χ1) is 5.25. The Labute approximate surface area is 75.1 Å². The highest BCUT2D eigenvalue weighted by molar-refractivity contribution is 5.85. The molecule has 0 aromatic heterocycles. The normalized spacial score (nSPS) is 9.25. The van der Waals surface area contributed by atoms with E-state index in [0.717, 1.165) is 6.07 Å². The van der Waals surface area contributed by atoms with Gasteiger partial charge in [0.1, 0.15) is 0 Å². The van der Waals surface area contributed by atoms with E-state index in [4.69, 9.17) is 5.84 Å². The first-order valence-corrected chi connectivity index (χ1v) is 3.12. The maximum atomic E-state index is 12.7. The molecule has 0 amide bonds. The van der Waals surface area contributed by atoms with Crippen LogP contribution in [-0.4, -0.2) is 0 Å². The molecule has 5 heteroatoms. The van der Waals surface area contributed by atoms with Gasteiger partial charge in [-0.1, -0.05) is 12.1 Å². The van der Waals surface area contributed by atoms with E-state index in [1.807, 2.05) is 0 Å². The Hall–Kier alpha value is -0.710. The van der Waals surface area contributed by atoms with E-state index in [-0.39, 0.29) is 24.5 Å². The van der Waals surface area contributed by atoms with Gasteiger partial charge in [0, 0.05) is 12.1 Å². The lowest BCUT2D eigenvalue weighted by molar-refractivity contribution is 0.494. The summed E-state index contributed by atoms with van der Waals surface area (Å²) in [7, 11) is 0. The molecule has 0 aliphatic rings. The highest BCUT2D eigenvalue weighted by atomic mass is 35.5. The van der Waals surface area contributed by atoms with Crippen LogP contribution in [0.25, 0.3) is 0 Å². The minimum atomic E-state index is -0.849. The van der Waals surface area contributed by atoms with Gasteiger partial charge in [0.25, 0.3) is 0 Å². The van der Waals surface area contributed by atoms with Crippen molar-refractivity contribution >= 4 is 12.4 Å². The fourth-order valence-electron chi connectivity index (χ4n) is 0.795. The summed E-state index contributed by atoms with van der Waals surface area (Å²) < 4.78 is 25.2. The number of hydrogen-bond acceptors (Lipinski definition) is 2. The molecule has 0 bridgehead atoms. The van der Waals surface area contributed by atoms with E-state index >= 15 is 0 Å². The molecule has 0 aliphatic carbocycles. The molecule has 0 heterocycles. The molecule has 68 valence electrons. The molecule has 0 saturated heterocycles. The number of rotatable bonds is 2. The predicted molar refractivity (Wildman–Crippen MR) is 44.6 cm³/mol. The lowest BCUT2D eigenvalue weighted by atomic mass is 10.2. The van der Waals surface area contributed by atoms with Crippen LogP contribution in [0.3, 0.4) is 0 Å². The number of nitrogens with one attached hydrogen (secondary N) is 1. The van der Waals surface area contributed by atoms with Crippen molar-refractivity contribution < 1.29 is 8.78 Å². The van der Waals surface area contributed by atoms with Crippen molar-refractivity contribution in [1.29, 1.82) is 0 Å². The molecule has 0 spiro atoms. The molecule has 1 rings (SSSR count). The minimum Gasteiger partial charge on any atom is -0.271 e. The highest BCUT2D eigenvalue weighted by Gasteiger charge is 2.05. The number of halogens is 3. The summed E-state index contributed by atoms with van der Waals surface area (Å²) >= 11 is 0. The smallest absolute Gasteiger partial charge is 0.163 e. The molecule has 2 nitrogen and oxygen atoms in total. The molecule has 0 saturated carbocycles. The second kappa shape index (κ2) is 5.03. The summed E-state index contributed by atoms with van der Waals surface area (Å²) in [6.07, 6.45) is 0. The van der Waals surface area contributed by atoms with Gasteiger partial charge < -0.3 is 0 Å². The fraction of sp³-hybridized carbons (Fsp3) is 0.143. The first-order valence-electron chi connectivity index (χ1n) is 3.12. The minimum absolute atomic E-state index is 0. The van der Waals surface area contributed by atoms with Crippen LogP contribution >= 0.6 is 12.4 Å². The Morgan fingerprint density at radius 1 is 1.33 bits per heavy atom. The SMILES string of the molecule is Cl.NNCc1cccc(F)c1F. The zero-order valence-corrected chi connectivity index (χ0v) is 7.00. The van der Waals surface area contributed by atoms with Gasteiger partial charge >= 0.3 is 0 Å². The van der Waals surface area contributed by atoms with Crippen molar-refractivity contribution in [3.05, 3.63) is 35.4 Å². The Balaban J connectivity index is 0.00000121. The first kappa shape index (κ1) is 11.3. The van der Waals surface area contributed by atoms with Crippen molar-refractivity contribution in [2.75, 3.05) is 0 Å². The van der Waals surface area contributed by atoms with Crippen LogP contribution in [0.15, 0.2) is 18.2 Å². The second-order valence-electron chi connectivity index (χ2n) is 2.09. The monoisotopic (exact) mass is 194 g/mol. The van der Waals surface area contributed by atoms with E-state index < -0.39 is 11.6 Å². The molecule has 3 N–H and O–H groups in total. The predicted octanol–water partition coefficient (Wildman–Crippen LogP) is 1.35. The number of hydrogen-bond donors (Lipinski definition) is 2. The number of hydrazine groups is 1. The average Bonchev–Trinajstić information content (AvgIpc) is 1.99. The van der Waals surface area contributed by atoms with Crippen LogP contribution < -0.4 is 11.3 Å². The summed E-state index contributed by atoms with van der Waals surface area (Å²) in [5.41, 5.74) is 2.47. The van der Waals surface area contributed by atoms with Crippen LogP contribution in [0, 0.1) is 11.6 Å². The molecular formula is C7H9ClF2N2. The van der Waals surface area contributed by atoms with E-state index in [9.17, 15) is 8.78 Å². The molecule has 0 atom stereocenters. The van der Waals surface area contributed by atoms with E-state index in [1.54, 1.807) is 0 Å². The van der Waals surface area contributed by atoms with E-state index in [2.05, 4.69) is 5.43 Å². The van der Waals surface area contributed by atoms with Crippen LogP contribution in [-0.2, 0) is 6.54 Å². The summed E-state index contributed by atoms with van der Waals surface area (Å²) in [5, 5.41) is 0. The molecule has 0 fully saturated rings. The molecule has 0 radical (unpaired) electrons. The van der Waals surface area contributed by atoms with Crippen molar-refractivity contribution in [3.8, 4) is 0 Å². The van der Waals surface area contributed by atoms with Crippen molar-refractivity contribution in [3.63, 3.8) is 0 Å². The van der Waals surface area contributed by atoms with Gasteiger partial charge in [0.2, 0.25) is 0 Å². The summed E-state index contributed by atoms with van der Waals surface area (Å²) in [5.74, 6) is 3.25. The van der Waals surface area contributed by atoms with E-state index in [1.165, 1.54) is 12.1 Å². The van der Waals surface area contributed by atoms with Crippen molar-refractivity contribution in [2.24, 2.45) is 5.84 Å². The quantitative estimate of drug-likeness (QED) is 0.551. The van der Waals surface area contributed by atoms with Gasteiger partial charge in [0.15, 0.2) is 11.6 Å². The van der Waals surface area contributed by atoms with Gasteiger partial charge in [-0.25, -0.2) is 8.78 Å². The van der Waals surface area contributed by atoms with Crippen LogP contribution in [0.5, 0.6) is 0 Å². The molecule has 0 aliphatic heterocycles. The molecule has 1 aromatic rings. The largest absolute Gasteiger partial charge is 0.271 e. The second-order valence-corrected chi connectivity index (χ2v) is 2.09. The third kappa shape index (κ3) is 2.41. The number of nitrogens with two attached hydrogens (primary N) is 1. The van der Waals surface area contributed by atoms with Crippen LogP contribution in [0.2, 0.25) is 0 Å². The molecule has 12 heavy (non-hydrogen) atoms. The topological polar surface area (TPSA) is 38.0 Å². The fourth-order valence-corrected chi connectivity index (χ4v) is 0.795. The molecule has 0 unspecified atom stereocenters. The summed E-state index contributed by atoms with van der Waals surface area (Å²) in [4.78, 5) is 0. The van der Waals surface area contributed by atoms with Gasteiger partial charge in [-0.05, 0) is 6.07 Å². The molecular weight excluding hydrogens is 186 g/mol. The summed E-state index contributed by atoms with van der Waals surface area (Å²) in [6, 6.07) is 3.97. The van der Waals surface area contributed by atoms with Crippen LogP contribution in [0.4, 0.5) is 8.78 Å². The highest BCUT2D eigenvalue weighted by Crippen LogP contribution is 2.10. The Morgan fingerprint density at radius 3 is 2.58 bits per heavy atom. The van der Waals surface area contributed by atoms with Gasteiger partial charge in [-0.3, -0.25) is 11.3 Å². The lowest BCUT2D eigenvalue weighted by Crippen LogP contribution is -2.21. The average molecular weight is 195 g/mol. The third-order valence-electron chi connectivity index (χ3n) is 1.32. The standard InChI is InChI=1S/C7H8F2N2.ClH/c8-6-3-1-2-5(4-11-10)7(6)9;/h1-3,11H,4,10H2;1H. The zero-order valence-electron chi connectivity index (χ0n) is 6.18. The number of benzene rings is 1. The summed E-state index contributed by atoms with van der Waals surface area (Å²) in [6.45, 7) is 0.129. The van der Waals surface area contributed by atoms with Crippen molar-refractivity contribution in [1.82, 2.24) is 5.43 Å². The Kier molecular flexibility index (Phi) is 4.73. The Morgan fingerprint density at radius 2 is 2.00 bits per heavy atom. The van der Waals surface area contributed by atoms with Gasteiger partial charge in [0.05, 0.1) is 0 Å². The third-order valence-corrected chi connectivity index (χ3v) is 1.32. The van der Waals surface area contributed by atoms with Gasteiger partial charge in [-0.15, -0.1) is 12.4 Å². The molecule has 1 aromatic carbocycles. The van der Waals surface area contributed by atoms with E-state index in [0.29, 0.717) is 0 Å². The zero-order chi connectivity index (χ0) is 8.27. The Bertz CT molecular complexity index is 255. The van der Waals surface area contributed by atoms with Crippen molar-refractivity contribution in [2.45, 2.75) is 6.54 Å². The lowest BCUT2D eigenvalue weighted by Gasteiger charge is -2.01. The maximum Gasteiger partial charge on any atom is 0.163 e.